The molecule has 1 N–H and O–H groups in total. The van der Waals surface area contributed by atoms with Gasteiger partial charge in [-0.15, -0.1) is 0 Å². The van der Waals surface area contributed by atoms with Gasteiger partial charge in [-0.25, -0.2) is 0 Å². The topological polar surface area (TPSA) is 32.9 Å². The van der Waals surface area contributed by atoms with Crippen molar-refractivity contribution in [3.63, 3.8) is 0 Å². The number of hydrogen-bond acceptors (Lipinski definition) is 1. The molecule has 2 aromatic carbocycles. The number of benzene rings is 2. The standard InChI is InChI=1S/C17H11Cl2NO/c18-12-6-7-13(16(19)8-12)15-10-20-9-14(17(15)21)11-4-2-1-3-5-11/h1-10H,(H,20,21). The lowest BCUT2D eigenvalue weighted by Crippen LogP contribution is -2.08. The fourth-order valence-corrected chi connectivity index (χ4v) is 2.73. The number of pyridine rings is 1. The van der Waals surface area contributed by atoms with Gasteiger partial charge in [-0.1, -0.05) is 59.6 Å². The Morgan fingerprint density at radius 1 is 0.810 bits per heavy atom. The summed E-state index contributed by atoms with van der Waals surface area (Å²) >= 11 is 12.1. The van der Waals surface area contributed by atoms with Crippen LogP contribution in [0.1, 0.15) is 0 Å². The van der Waals surface area contributed by atoms with Crippen molar-refractivity contribution < 1.29 is 0 Å². The molecule has 0 spiro atoms. The van der Waals surface area contributed by atoms with Crippen molar-refractivity contribution in [2.45, 2.75) is 0 Å². The van der Waals surface area contributed by atoms with Gasteiger partial charge in [0.1, 0.15) is 0 Å². The first-order valence-corrected chi connectivity index (χ1v) is 7.14. The fraction of sp³-hybridized carbons (Fsp3) is 0. The minimum atomic E-state index is -0.0656. The Balaban J connectivity index is 2.20. The molecule has 0 fully saturated rings. The largest absolute Gasteiger partial charge is 0.366 e. The molecule has 0 unspecified atom stereocenters. The Labute approximate surface area is 132 Å². The lowest BCUT2D eigenvalue weighted by atomic mass is 10.0. The Morgan fingerprint density at radius 2 is 1.52 bits per heavy atom. The number of aromatic amines is 1. The van der Waals surface area contributed by atoms with Crippen LogP contribution in [-0.2, 0) is 0 Å². The lowest BCUT2D eigenvalue weighted by molar-refractivity contribution is 1.30. The molecule has 104 valence electrons. The minimum Gasteiger partial charge on any atom is -0.366 e. The number of rotatable bonds is 2. The molecular weight excluding hydrogens is 305 g/mol. The molecule has 0 radical (unpaired) electrons. The molecule has 21 heavy (non-hydrogen) atoms. The molecule has 4 heteroatoms. The van der Waals surface area contributed by atoms with E-state index in [0.717, 1.165) is 5.56 Å². The summed E-state index contributed by atoms with van der Waals surface area (Å²) in [6, 6.07) is 14.6. The summed E-state index contributed by atoms with van der Waals surface area (Å²) in [4.78, 5) is 15.7. The summed E-state index contributed by atoms with van der Waals surface area (Å²) in [6.07, 6.45) is 3.36. The van der Waals surface area contributed by atoms with Crippen molar-refractivity contribution in [3.8, 4) is 22.3 Å². The maximum absolute atomic E-state index is 12.7. The van der Waals surface area contributed by atoms with E-state index in [-0.39, 0.29) is 5.43 Å². The van der Waals surface area contributed by atoms with Crippen LogP contribution in [0.3, 0.4) is 0 Å². The summed E-state index contributed by atoms with van der Waals surface area (Å²) in [6.45, 7) is 0. The smallest absolute Gasteiger partial charge is 0.197 e. The van der Waals surface area contributed by atoms with Crippen LogP contribution in [-0.4, -0.2) is 4.98 Å². The van der Waals surface area contributed by atoms with Crippen LogP contribution in [0.25, 0.3) is 22.3 Å². The molecule has 0 bridgehead atoms. The molecule has 0 aliphatic heterocycles. The maximum Gasteiger partial charge on any atom is 0.197 e. The average Bonchev–Trinajstić information content (AvgIpc) is 2.49. The highest BCUT2D eigenvalue weighted by molar-refractivity contribution is 6.36. The molecule has 0 saturated heterocycles. The number of nitrogens with one attached hydrogen (secondary N) is 1. The van der Waals surface area contributed by atoms with E-state index >= 15 is 0 Å². The second-order valence-corrected chi connectivity index (χ2v) is 5.45. The van der Waals surface area contributed by atoms with Crippen molar-refractivity contribution in [3.05, 3.63) is 81.2 Å². The number of halogens is 2. The van der Waals surface area contributed by atoms with E-state index in [1.54, 1.807) is 30.6 Å². The van der Waals surface area contributed by atoms with Gasteiger partial charge in [0.05, 0.1) is 5.02 Å². The minimum absolute atomic E-state index is 0.0656. The molecule has 2 nitrogen and oxygen atoms in total. The zero-order valence-corrected chi connectivity index (χ0v) is 12.4. The van der Waals surface area contributed by atoms with Gasteiger partial charge in [-0.05, 0) is 17.7 Å². The average molecular weight is 316 g/mol. The van der Waals surface area contributed by atoms with Crippen molar-refractivity contribution in [2.24, 2.45) is 0 Å². The predicted molar refractivity (Wildman–Crippen MR) is 88.0 cm³/mol. The number of aromatic nitrogens is 1. The summed E-state index contributed by atoms with van der Waals surface area (Å²) in [5.41, 5.74) is 2.60. The van der Waals surface area contributed by atoms with E-state index in [0.29, 0.717) is 26.7 Å². The highest BCUT2D eigenvalue weighted by Crippen LogP contribution is 2.29. The third-order valence-corrected chi connectivity index (χ3v) is 3.80. The fourth-order valence-electron chi connectivity index (χ4n) is 2.22. The molecular formula is C17H11Cl2NO. The Morgan fingerprint density at radius 3 is 2.24 bits per heavy atom. The van der Waals surface area contributed by atoms with Crippen molar-refractivity contribution >= 4 is 23.2 Å². The van der Waals surface area contributed by atoms with Crippen LogP contribution >= 0.6 is 23.2 Å². The molecule has 0 aliphatic rings. The highest BCUT2D eigenvalue weighted by Gasteiger charge is 2.12. The Bertz CT molecular complexity index is 841. The molecule has 0 saturated carbocycles. The van der Waals surface area contributed by atoms with Crippen LogP contribution in [0.4, 0.5) is 0 Å². The quantitative estimate of drug-likeness (QED) is 0.708. The van der Waals surface area contributed by atoms with E-state index in [1.807, 2.05) is 30.3 Å². The normalized spacial score (nSPS) is 10.6. The van der Waals surface area contributed by atoms with Gasteiger partial charge >= 0.3 is 0 Å². The predicted octanol–water partition coefficient (Wildman–Crippen LogP) is 5.02. The summed E-state index contributed by atoms with van der Waals surface area (Å²) in [7, 11) is 0. The van der Waals surface area contributed by atoms with E-state index < -0.39 is 0 Å². The summed E-state index contributed by atoms with van der Waals surface area (Å²) < 4.78 is 0. The van der Waals surface area contributed by atoms with Crippen molar-refractivity contribution in [1.82, 2.24) is 4.98 Å². The first kappa shape index (κ1) is 13.9. The molecule has 1 heterocycles. The van der Waals surface area contributed by atoms with E-state index in [2.05, 4.69) is 4.98 Å². The molecule has 0 aliphatic carbocycles. The highest BCUT2D eigenvalue weighted by atomic mass is 35.5. The second-order valence-electron chi connectivity index (χ2n) is 4.60. The first-order chi connectivity index (χ1) is 10.2. The number of hydrogen-bond donors (Lipinski definition) is 1. The van der Waals surface area contributed by atoms with Crippen LogP contribution < -0.4 is 5.43 Å². The molecule has 3 aromatic rings. The van der Waals surface area contributed by atoms with Crippen LogP contribution in [0, 0.1) is 0 Å². The Hall–Kier alpha value is -2.03. The summed E-state index contributed by atoms with van der Waals surface area (Å²) in [5.74, 6) is 0. The Kier molecular flexibility index (Phi) is 3.82. The first-order valence-electron chi connectivity index (χ1n) is 6.39. The van der Waals surface area contributed by atoms with Crippen LogP contribution in [0.2, 0.25) is 10.0 Å². The van der Waals surface area contributed by atoms with Crippen LogP contribution in [0.5, 0.6) is 0 Å². The third kappa shape index (κ3) is 2.73. The zero-order valence-electron chi connectivity index (χ0n) is 10.9. The van der Waals surface area contributed by atoms with Gasteiger partial charge in [0.2, 0.25) is 0 Å². The van der Waals surface area contributed by atoms with E-state index in [9.17, 15) is 4.79 Å². The van der Waals surface area contributed by atoms with Gasteiger partial charge in [0, 0.05) is 34.1 Å². The zero-order chi connectivity index (χ0) is 14.8. The van der Waals surface area contributed by atoms with Crippen molar-refractivity contribution in [1.29, 1.82) is 0 Å². The van der Waals surface area contributed by atoms with Gasteiger partial charge in [0.15, 0.2) is 5.43 Å². The monoisotopic (exact) mass is 315 g/mol. The third-order valence-electron chi connectivity index (χ3n) is 3.25. The lowest BCUT2D eigenvalue weighted by Gasteiger charge is -2.07. The second kappa shape index (κ2) is 5.76. The SMILES string of the molecule is O=c1c(-c2ccccc2)c[nH]cc1-c1ccc(Cl)cc1Cl. The van der Waals surface area contributed by atoms with Gasteiger partial charge < -0.3 is 4.98 Å². The molecule has 0 atom stereocenters. The van der Waals surface area contributed by atoms with Gasteiger partial charge in [-0.2, -0.15) is 0 Å². The van der Waals surface area contributed by atoms with Gasteiger partial charge in [-0.3, -0.25) is 4.79 Å². The van der Waals surface area contributed by atoms with E-state index in [1.165, 1.54) is 0 Å². The molecule has 3 rings (SSSR count). The molecule has 0 amide bonds. The maximum atomic E-state index is 12.7. The van der Waals surface area contributed by atoms with Gasteiger partial charge in [0.25, 0.3) is 0 Å². The van der Waals surface area contributed by atoms with Crippen molar-refractivity contribution in [2.75, 3.05) is 0 Å². The number of H-pyrrole nitrogens is 1. The van der Waals surface area contributed by atoms with E-state index in [4.69, 9.17) is 23.2 Å². The molecule has 1 aromatic heterocycles. The van der Waals surface area contributed by atoms with Crippen LogP contribution in [0.15, 0.2) is 65.7 Å². The summed E-state index contributed by atoms with van der Waals surface area (Å²) in [5, 5.41) is 0.998.